The van der Waals surface area contributed by atoms with Crippen LogP contribution in [0.25, 0.3) is 0 Å². The van der Waals surface area contributed by atoms with Crippen molar-refractivity contribution in [3.63, 3.8) is 0 Å². The predicted molar refractivity (Wildman–Crippen MR) is 84.4 cm³/mol. The molecule has 7 heteroatoms. The third-order valence-corrected chi connectivity index (χ3v) is 3.99. The number of morpholine rings is 1. The Morgan fingerprint density at radius 1 is 1.42 bits per heavy atom. The van der Waals surface area contributed by atoms with Gasteiger partial charge in [0.25, 0.3) is 0 Å². The standard InChI is InChI=1S/C17H23F3N2O2/c1-11(2)16(12-4-3-5-13(8-12)17(18,19)20)22-15(23)9-14-10-24-7-6-21-14/h3-5,8,11,14,16,21H,6-7,9-10H2,1-2H3,(H,22,23). The zero-order valence-corrected chi connectivity index (χ0v) is 13.8. The van der Waals surface area contributed by atoms with Crippen LogP contribution in [0, 0.1) is 5.92 Å². The number of hydrogen-bond donors (Lipinski definition) is 2. The molecule has 0 saturated carbocycles. The Hall–Kier alpha value is -1.60. The highest BCUT2D eigenvalue weighted by atomic mass is 19.4. The van der Waals surface area contributed by atoms with Gasteiger partial charge < -0.3 is 15.4 Å². The molecule has 0 spiro atoms. The van der Waals surface area contributed by atoms with Crippen molar-refractivity contribution in [3.8, 4) is 0 Å². The third-order valence-electron chi connectivity index (χ3n) is 3.99. The van der Waals surface area contributed by atoms with Gasteiger partial charge in [-0.1, -0.05) is 26.0 Å². The number of benzene rings is 1. The molecule has 1 saturated heterocycles. The summed E-state index contributed by atoms with van der Waals surface area (Å²) >= 11 is 0. The van der Waals surface area contributed by atoms with Crippen LogP contribution in [0.2, 0.25) is 0 Å². The molecule has 0 aromatic heterocycles. The van der Waals surface area contributed by atoms with Gasteiger partial charge in [0.15, 0.2) is 0 Å². The van der Waals surface area contributed by atoms with E-state index in [1.54, 1.807) is 6.07 Å². The van der Waals surface area contributed by atoms with Gasteiger partial charge in [0.2, 0.25) is 5.91 Å². The second kappa shape index (κ2) is 7.98. The minimum atomic E-state index is -4.40. The van der Waals surface area contributed by atoms with E-state index < -0.39 is 17.8 Å². The minimum absolute atomic E-state index is 0.0343. The van der Waals surface area contributed by atoms with E-state index in [4.69, 9.17) is 4.74 Å². The predicted octanol–water partition coefficient (Wildman–Crippen LogP) is 2.90. The summed E-state index contributed by atoms with van der Waals surface area (Å²) in [5.41, 5.74) is -0.247. The van der Waals surface area contributed by atoms with Crippen LogP contribution in [0.5, 0.6) is 0 Å². The molecule has 2 rings (SSSR count). The average molecular weight is 344 g/mol. The molecular formula is C17H23F3N2O2. The first-order valence-electron chi connectivity index (χ1n) is 8.05. The molecule has 2 unspecified atom stereocenters. The van der Waals surface area contributed by atoms with Gasteiger partial charge in [-0.2, -0.15) is 13.2 Å². The summed E-state index contributed by atoms with van der Waals surface area (Å²) in [4.78, 5) is 12.3. The van der Waals surface area contributed by atoms with Crippen molar-refractivity contribution >= 4 is 5.91 Å². The van der Waals surface area contributed by atoms with Gasteiger partial charge >= 0.3 is 6.18 Å². The average Bonchev–Trinajstić information content (AvgIpc) is 2.52. The second-order valence-electron chi connectivity index (χ2n) is 6.34. The van der Waals surface area contributed by atoms with Gasteiger partial charge in [0.05, 0.1) is 24.8 Å². The highest BCUT2D eigenvalue weighted by molar-refractivity contribution is 5.77. The summed E-state index contributed by atoms with van der Waals surface area (Å²) in [7, 11) is 0. The number of carbonyl (C=O) groups is 1. The first kappa shape index (κ1) is 18.7. The molecule has 1 aliphatic rings. The SMILES string of the molecule is CC(C)C(NC(=O)CC1COCCN1)c1cccc(C(F)(F)F)c1. The van der Waals surface area contributed by atoms with Crippen molar-refractivity contribution in [2.75, 3.05) is 19.8 Å². The third kappa shape index (κ3) is 5.21. The molecule has 2 N–H and O–H groups in total. The number of carbonyl (C=O) groups excluding carboxylic acids is 1. The molecule has 2 atom stereocenters. The van der Waals surface area contributed by atoms with Crippen molar-refractivity contribution < 1.29 is 22.7 Å². The normalized spacial score (nSPS) is 20.0. The van der Waals surface area contributed by atoms with Crippen LogP contribution in [0.4, 0.5) is 13.2 Å². The highest BCUT2D eigenvalue weighted by Gasteiger charge is 2.31. The number of ether oxygens (including phenoxy) is 1. The van der Waals surface area contributed by atoms with Crippen LogP contribution in [0.1, 0.15) is 37.4 Å². The summed E-state index contributed by atoms with van der Waals surface area (Å²) in [6, 6.07) is 4.59. The molecule has 1 fully saturated rings. The van der Waals surface area contributed by atoms with Crippen LogP contribution in [0.3, 0.4) is 0 Å². The van der Waals surface area contributed by atoms with Gasteiger partial charge in [-0.25, -0.2) is 0 Å². The van der Waals surface area contributed by atoms with E-state index >= 15 is 0 Å². The molecule has 4 nitrogen and oxygen atoms in total. The smallest absolute Gasteiger partial charge is 0.378 e. The largest absolute Gasteiger partial charge is 0.416 e. The van der Waals surface area contributed by atoms with Gasteiger partial charge in [0, 0.05) is 19.0 Å². The lowest BCUT2D eigenvalue weighted by molar-refractivity contribution is -0.137. The second-order valence-corrected chi connectivity index (χ2v) is 6.34. The zero-order chi connectivity index (χ0) is 17.7. The lowest BCUT2D eigenvalue weighted by atomic mass is 9.94. The molecule has 0 radical (unpaired) electrons. The fourth-order valence-corrected chi connectivity index (χ4v) is 2.75. The number of alkyl halides is 3. The van der Waals surface area contributed by atoms with Gasteiger partial charge in [-0.05, 0) is 23.6 Å². The van der Waals surface area contributed by atoms with E-state index in [0.29, 0.717) is 25.3 Å². The van der Waals surface area contributed by atoms with Gasteiger partial charge in [0.1, 0.15) is 0 Å². The van der Waals surface area contributed by atoms with Crippen LogP contribution in [-0.4, -0.2) is 31.7 Å². The monoisotopic (exact) mass is 344 g/mol. The highest BCUT2D eigenvalue weighted by Crippen LogP contribution is 2.32. The molecule has 0 bridgehead atoms. The van der Waals surface area contributed by atoms with E-state index in [0.717, 1.165) is 12.1 Å². The summed E-state index contributed by atoms with van der Waals surface area (Å²) in [6.45, 7) is 5.51. The van der Waals surface area contributed by atoms with E-state index in [-0.39, 0.29) is 24.3 Å². The Balaban J connectivity index is 2.07. The topological polar surface area (TPSA) is 50.4 Å². The molecule has 1 aromatic carbocycles. The lowest BCUT2D eigenvalue weighted by Crippen LogP contribution is -2.45. The van der Waals surface area contributed by atoms with Crippen LogP contribution in [-0.2, 0) is 15.7 Å². The minimum Gasteiger partial charge on any atom is -0.378 e. The van der Waals surface area contributed by atoms with Crippen molar-refractivity contribution in [1.82, 2.24) is 10.6 Å². The molecule has 134 valence electrons. The Kier molecular flexibility index (Phi) is 6.23. The summed E-state index contributed by atoms with van der Waals surface area (Å²) < 4.78 is 44.0. The molecule has 1 aliphatic heterocycles. The number of amides is 1. The summed E-state index contributed by atoms with van der Waals surface area (Å²) in [5.74, 6) is -0.234. The Labute approximate surface area is 139 Å². The molecule has 24 heavy (non-hydrogen) atoms. The Morgan fingerprint density at radius 3 is 2.75 bits per heavy atom. The van der Waals surface area contributed by atoms with Crippen molar-refractivity contribution in [1.29, 1.82) is 0 Å². The number of nitrogens with one attached hydrogen (secondary N) is 2. The number of halogens is 3. The molecular weight excluding hydrogens is 321 g/mol. The maximum absolute atomic E-state index is 12.9. The summed E-state index contributed by atoms with van der Waals surface area (Å²) in [5, 5.41) is 6.04. The summed E-state index contributed by atoms with van der Waals surface area (Å²) in [6.07, 6.45) is -4.16. The van der Waals surface area contributed by atoms with E-state index in [2.05, 4.69) is 10.6 Å². The first-order valence-corrected chi connectivity index (χ1v) is 8.05. The van der Waals surface area contributed by atoms with Crippen molar-refractivity contribution in [3.05, 3.63) is 35.4 Å². The maximum Gasteiger partial charge on any atom is 0.416 e. The van der Waals surface area contributed by atoms with Gasteiger partial charge in [-0.3, -0.25) is 4.79 Å². The Morgan fingerprint density at radius 2 is 2.17 bits per heavy atom. The van der Waals surface area contributed by atoms with E-state index in [9.17, 15) is 18.0 Å². The zero-order valence-electron chi connectivity index (χ0n) is 13.8. The molecule has 1 aromatic rings. The van der Waals surface area contributed by atoms with E-state index in [1.807, 2.05) is 13.8 Å². The van der Waals surface area contributed by atoms with Gasteiger partial charge in [-0.15, -0.1) is 0 Å². The van der Waals surface area contributed by atoms with Crippen LogP contribution < -0.4 is 10.6 Å². The Bertz CT molecular complexity index is 555. The van der Waals surface area contributed by atoms with Crippen molar-refractivity contribution in [2.24, 2.45) is 5.92 Å². The van der Waals surface area contributed by atoms with Crippen LogP contribution >= 0.6 is 0 Å². The van der Waals surface area contributed by atoms with Crippen molar-refractivity contribution in [2.45, 2.75) is 38.5 Å². The quantitative estimate of drug-likeness (QED) is 0.864. The van der Waals surface area contributed by atoms with Crippen LogP contribution in [0.15, 0.2) is 24.3 Å². The number of rotatable bonds is 5. The maximum atomic E-state index is 12.9. The molecule has 0 aliphatic carbocycles. The van der Waals surface area contributed by atoms with E-state index in [1.165, 1.54) is 6.07 Å². The fraction of sp³-hybridized carbons (Fsp3) is 0.588. The first-order chi connectivity index (χ1) is 11.3. The lowest BCUT2D eigenvalue weighted by Gasteiger charge is -2.27. The molecule has 1 amide bonds. The fourth-order valence-electron chi connectivity index (χ4n) is 2.75. The molecule has 1 heterocycles. The number of hydrogen-bond acceptors (Lipinski definition) is 3.